The summed E-state index contributed by atoms with van der Waals surface area (Å²) in [6.45, 7) is 2.04. The van der Waals surface area contributed by atoms with Crippen LogP contribution >= 0.6 is 0 Å². The number of fused-ring (bicyclic) bond motifs is 1. The number of pyridine rings is 1. The number of anilines is 1. The number of hydrogen-bond donors (Lipinski definition) is 1. The predicted octanol–water partition coefficient (Wildman–Crippen LogP) is 5.36. The number of nitrogens with zero attached hydrogens (tertiary/aromatic N) is 1. The van der Waals surface area contributed by atoms with E-state index in [4.69, 9.17) is 23.9 Å². The quantitative estimate of drug-likeness (QED) is 0.335. The van der Waals surface area contributed by atoms with E-state index in [1.54, 1.807) is 63.6 Å². The van der Waals surface area contributed by atoms with Crippen LogP contribution < -0.4 is 19.5 Å². The molecular formula is C28H26N2O6. The molecule has 0 aliphatic rings. The zero-order valence-corrected chi connectivity index (χ0v) is 20.5. The van der Waals surface area contributed by atoms with E-state index < -0.39 is 5.97 Å². The predicted molar refractivity (Wildman–Crippen MR) is 137 cm³/mol. The number of methoxy groups -OCH3 is 3. The second-order valence-corrected chi connectivity index (χ2v) is 7.74. The van der Waals surface area contributed by atoms with E-state index >= 15 is 0 Å². The minimum absolute atomic E-state index is 0.292. The van der Waals surface area contributed by atoms with Gasteiger partial charge in [-0.3, -0.25) is 4.79 Å². The largest absolute Gasteiger partial charge is 0.493 e. The standard InChI is InChI=1S/C28H26N2O6/c1-5-36-28(32)17-10-12-19(13-11-17)29-27(31)21-16-23(30-22-9-7-6-8-20(21)22)18-14-24(33-2)26(35-4)25(15-18)34-3/h6-16H,5H2,1-4H3,(H,29,31). The van der Waals surface area contributed by atoms with Gasteiger partial charge in [0.2, 0.25) is 5.75 Å². The summed E-state index contributed by atoms with van der Waals surface area (Å²) in [6, 6.07) is 19.3. The first-order valence-electron chi connectivity index (χ1n) is 11.3. The first kappa shape index (κ1) is 24.5. The van der Waals surface area contributed by atoms with Crippen LogP contribution in [0.15, 0.2) is 66.7 Å². The third-order valence-corrected chi connectivity index (χ3v) is 5.58. The lowest BCUT2D eigenvalue weighted by Gasteiger charge is -2.15. The highest BCUT2D eigenvalue weighted by atomic mass is 16.5. The highest BCUT2D eigenvalue weighted by Gasteiger charge is 2.18. The van der Waals surface area contributed by atoms with Gasteiger partial charge in [-0.05, 0) is 55.5 Å². The van der Waals surface area contributed by atoms with E-state index in [0.29, 0.717) is 62.8 Å². The fraction of sp³-hybridized carbons (Fsp3) is 0.179. The molecule has 1 aromatic heterocycles. The zero-order valence-electron chi connectivity index (χ0n) is 20.5. The second kappa shape index (κ2) is 10.8. The van der Waals surface area contributed by atoms with Crippen LogP contribution in [-0.4, -0.2) is 44.8 Å². The van der Waals surface area contributed by atoms with E-state index in [-0.39, 0.29) is 5.91 Å². The molecule has 0 atom stereocenters. The summed E-state index contributed by atoms with van der Waals surface area (Å²) >= 11 is 0. The molecule has 8 heteroatoms. The Balaban J connectivity index is 1.74. The first-order valence-corrected chi connectivity index (χ1v) is 11.3. The van der Waals surface area contributed by atoms with E-state index in [1.165, 1.54) is 7.11 Å². The third kappa shape index (κ3) is 4.93. The van der Waals surface area contributed by atoms with Gasteiger partial charge in [-0.25, -0.2) is 9.78 Å². The molecule has 184 valence electrons. The molecule has 0 unspecified atom stereocenters. The van der Waals surface area contributed by atoms with Crippen LogP contribution in [0, 0.1) is 0 Å². The molecule has 0 fully saturated rings. The van der Waals surface area contributed by atoms with Crippen molar-refractivity contribution in [1.82, 2.24) is 4.98 Å². The van der Waals surface area contributed by atoms with E-state index in [0.717, 1.165) is 0 Å². The van der Waals surface area contributed by atoms with Crippen LogP contribution in [-0.2, 0) is 4.74 Å². The zero-order chi connectivity index (χ0) is 25.7. The Morgan fingerprint density at radius 1 is 0.861 bits per heavy atom. The maximum absolute atomic E-state index is 13.4. The number of para-hydroxylation sites is 1. The van der Waals surface area contributed by atoms with Gasteiger partial charge in [0.25, 0.3) is 5.91 Å². The van der Waals surface area contributed by atoms with Gasteiger partial charge in [0.1, 0.15) is 0 Å². The van der Waals surface area contributed by atoms with Crippen LogP contribution in [0.4, 0.5) is 5.69 Å². The highest BCUT2D eigenvalue weighted by molar-refractivity contribution is 6.13. The fourth-order valence-electron chi connectivity index (χ4n) is 3.84. The summed E-state index contributed by atoms with van der Waals surface area (Å²) in [5.41, 5.74) is 3.32. The molecule has 1 heterocycles. The van der Waals surface area contributed by atoms with Crippen molar-refractivity contribution in [1.29, 1.82) is 0 Å². The van der Waals surface area contributed by atoms with Gasteiger partial charge in [-0.2, -0.15) is 0 Å². The molecule has 4 aromatic rings. The molecule has 0 aliphatic heterocycles. The summed E-state index contributed by atoms with van der Waals surface area (Å²) in [5, 5.41) is 3.61. The molecule has 1 N–H and O–H groups in total. The maximum Gasteiger partial charge on any atom is 0.338 e. The van der Waals surface area contributed by atoms with Crippen molar-refractivity contribution in [3.05, 3.63) is 77.9 Å². The monoisotopic (exact) mass is 486 g/mol. The number of benzene rings is 3. The lowest BCUT2D eigenvalue weighted by atomic mass is 10.0. The average Bonchev–Trinajstić information content (AvgIpc) is 2.91. The number of esters is 1. The topological polar surface area (TPSA) is 96.0 Å². The summed E-state index contributed by atoms with van der Waals surface area (Å²) in [7, 11) is 4.62. The van der Waals surface area contributed by atoms with Gasteiger partial charge in [0.15, 0.2) is 11.5 Å². The molecule has 4 rings (SSSR count). The molecule has 36 heavy (non-hydrogen) atoms. The van der Waals surface area contributed by atoms with Crippen molar-refractivity contribution in [2.24, 2.45) is 0 Å². The lowest BCUT2D eigenvalue weighted by Crippen LogP contribution is -2.13. The molecule has 8 nitrogen and oxygen atoms in total. The smallest absolute Gasteiger partial charge is 0.338 e. The number of carbonyl (C=O) groups excluding carboxylic acids is 2. The Kier molecular flexibility index (Phi) is 7.34. The van der Waals surface area contributed by atoms with Gasteiger partial charge >= 0.3 is 5.97 Å². The molecule has 1 amide bonds. The Hall–Kier alpha value is -4.59. The molecule has 3 aromatic carbocycles. The molecule has 0 radical (unpaired) electrons. The Bertz CT molecular complexity index is 1390. The molecule has 0 bridgehead atoms. The number of ether oxygens (including phenoxy) is 4. The number of carbonyl (C=O) groups is 2. The molecule has 0 spiro atoms. The number of aromatic nitrogens is 1. The van der Waals surface area contributed by atoms with Crippen LogP contribution in [0.3, 0.4) is 0 Å². The third-order valence-electron chi connectivity index (χ3n) is 5.58. The van der Waals surface area contributed by atoms with Crippen LogP contribution in [0.25, 0.3) is 22.2 Å². The summed E-state index contributed by atoms with van der Waals surface area (Å²) in [5.74, 6) is 0.703. The first-order chi connectivity index (χ1) is 17.5. The molecule has 0 saturated carbocycles. The number of rotatable bonds is 8. The molecule has 0 aliphatic carbocycles. The lowest BCUT2D eigenvalue weighted by molar-refractivity contribution is 0.0526. The maximum atomic E-state index is 13.4. The van der Waals surface area contributed by atoms with Crippen molar-refractivity contribution in [2.75, 3.05) is 33.3 Å². The Labute approximate surface area is 208 Å². The summed E-state index contributed by atoms with van der Waals surface area (Å²) < 4.78 is 21.4. The summed E-state index contributed by atoms with van der Waals surface area (Å²) in [6.07, 6.45) is 0. The number of nitrogens with one attached hydrogen (secondary N) is 1. The number of amides is 1. The normalized spacial score (nSPS) is 10.6. The highest BCUT2D eigenvalue weighted by Crippen LogP contribution is 2.41. The van der Waals surface area contributed by atoms with Crippen molar-refractivity contribution < 1.29 is 28.5 Å². The van der Waals surface area contributed by atoms with Crippen LogP contribution in [0.1, 0.15) is 27.6 Å². The summed E-state index contributed by atoms with van der Waals surface area (Å²) in [4.78, 5) is 30.1. The minimum Gasteiger partial charge on any atom is -0.493 e. The van der Waals surface area contributed by atoms with E-state index in [2.05, 4.69) is 5.32 Å². The van der Waals surface area contributed by atoms with Gasteiger partial charge in [0, 0.05) is 16.6 Å². The van der Waals surface area contributed by atoms with Crippen LogP contribution in [0.5, 0.6) is 17.2 Å². The van der Waals surface area contributed by atoms with Crippen molar-refractivity contribution in [3.8, 4) is 28.5 Å². The van der Waals surface area contributed by atoms with Gasteiger partial charge in [0.05, 0.1) is 50.3 Å². The van der Waals surface area contributed by atoms with Gasteiger partial charge < -0.3 is 24.3 Å². The Morgan fingerprint density at radius 3 is 2.14 bits per heavy atom. The van der Waals surface area contributed by atoms with Crippen molar-refractivity contribution >= 4 is 28.5 Å². The molecular weight excluding hydrogens is 460 g/mol. The Morgan fingerprint density at radius 2 is 1.53 bits per heavy atom. The number of hydrogen-bond acceptors (Lipinski definition) is 7. The fourth-order valence-corrected chi connectivity index (χ4v) is 3.84. The van der Waals surface area contributed by atoms with Gasteiger partial charge in [-0.1, -0.05) is 18.2 Å². The van der Waals surface area contributed by atoms with Crippen molar-refractivity contribution in [2.45, 2.75) is 6.92 Å². The van der Waals surface area contributed by atoms with Crippen LogP contribution in [0.2, 0.25) is 0 Å². The van der Waals surface area contributed by atoms with Crippen molar-refractivity contribution in [3.63, 3.8) is 0 Å². The minimum atomic E-state index is -0.412. The molecule has 0 saturated heterocycles. The van der Waals surface area contributed by atoms with E-state index in [9.17, 15) is 9.59 Å². The van der Waals surface area contributed by atoms with E-state index in [1.807, 2.05) is 24.3 Å². The SMILES string of the molecule is CCOC(=O)c1ccc(NC(=O)c2cc(-c3cc(OC)c(OC)c(OC)c3)nc3ccccc23)cc1. The second-order valence-electron chi connectivity index (χ2n) is 7.74. The van der Waals surface area contributed by atoms with Gasteiger partial charge in [-0.15, -0.1) is 0 Å². The average molecular weight is 487 g/mol.